The third-order valence-corrected chi connectivity index (χ3v) is 7.24. The van der Waals surface area contributed by atoms with Crippen LogP contribution >= 0.6 is 0 Å². The van der Waals surface area contributed by atoms with Crippen LogP contribution in [0.4, 0.5) is 0 Å². The van der Waals surface area contributed by atoms with Crippen LogP contribution in [-0.2, 0) is 9.53 Å². The topological polar surface area (TPSA) is 76.8 Å². The lowest BCUT2D eigenvalue weighted by molar-refractivity contribution is -0.118. The van der Waals surface area contributed by atoms with Crippen molar-refractivity contribution in [2.24, 2.45) is 5.73 Å². The largest absolute Gasteiger partial charge is 0.492 e. The zero-order valence-corrected chi connectivity index (χ0v) is 19.8. The highest BCUT2D eigenvalue weighted by atomic mass is 16.5. The predicted octanol–water partition coefficient (Wildman–Crippen LogP) is 3.66. The van der Waals surface area contributed by atoms with Gasteiger partial charge in [-0.15, -0.1) is 0 Å². The highest BCUT2D eigenvalue weighted by molar-refractivity contribution is 6.09. The number of ether oxygens (including phenoxy) is 2. The second-order valence-electron chi connectivity index (χ2n) is 9.49. The van der Waals surface area contributed by atoms with Crippen LogP contribution in [-0.4, -0.2) is 56.3 Å². The Kier molecular flexibility index (Phi) is 7.28. The number of rotatable bonds is 7. The van der Waals surface area contributed by atoms with Crippen LogP contribution in [0.2, 0.25) is 0 Å². The summed E-state index contributed by atoms with van der Waals surface area (Å²) in [5.41, 5.74) is 11.3. The van der Waals surface area contributed by atoms with E-state index < -0.39 is 6.04 Å². The molecule has 1 saturated carbocycles. The number of amides is 1. The van der Waals surface area contributed by atoms with Crippen LogP contribution in [0.25, 0.3) is 5.57 Å². The highest BCUT2D eigenvalue weighted by Gasteiger charge is 2.35. The molecule has 1 heterocycles. The first kappa shape index (κ1) is 23.1. The summed E-state index contributed by atoms with van der Waals surface area (Å²) in [6.45, 7) is 4.95. The number of hydrogen-bond donors (Lipinski definition) is 2. The van der Waals surface area contributed by atoms with Gasteiger partial charge in [0.15, 0.2) is 0 Å². The second kappa shape index (κ2) is 10.7. The van der Waals surface area contributed by atoms with E-state index in [0.717, 1.165) is 73.7 Å². The van der Waals surface area contributed by atoms with Crippen LogP contribution in [0.1, 0.15) is 54.8 Å². The fourth-order valence-electron chi connectivity index (χ4n) is 5.37. The molecular formula is C28H35N3O3. The van der Waals surface area contributed by atoms with Gasteiger partial charge in [-0.2, -0.15) is 0 Å². The van der Waals surface area contributed by atoms with Crippen molar-refractivity contribution in [1.29, 1.82) is 0 Å². The van der Waals surface area contributed by atoms with Crippen LogP contribution in [0.5, 0.6) is 5.75 Å². The molecule has 5 rings (SSSR count). The quantitative estimate of drug-likeness (QED) is 0.658. The molecule has 3 aliphatic rings. The Labute approximate surface area is 202 Å². The number of fused-ring (bicyclic) bond motifs is 1. The standard InChI is InChI=1S/C28H35N3O3/c29-27-24-19-22(34-18-15-31-13-16-33-17-14-31)11-12-23(24)25(20-7-3-1-4-8-20)26(27)28(32)30-21-9-5-2-6-10-21/h1,3-4,7-8,11-12,19,21,27H,2,5-6,9-10,13-18,29H2,(H,30,32). The zero-order chi connectivity index (χ0) is 23.3. The summed E-state index contributed by atoms with van der Waals surface area (Å²) in [4.78, 5) is 15.9. The van der Waals surface area contributed by atoms with Crippen molar-refractivity contribution in [2.45, 2.75) is 44.2 Å². The molecule has 1 saturated heterocycles. The lowest BCUT2D eigenvalue weighted by atomic mass is 9.94. The maximum absolute atomic E-state index is 13.5. The number of nitrogens with one attached hydrogen (secondary N) is 1. The molecule has 6 nitrogen and oxygen atoms in total. The molecule has 2 aliphatic carbocycles. The third-order valence-electron chi connectivity index (χ3n) is 7.24. The molecule has 0 radical (unpaired) electrons. The Morgan fingerprint density at radius 1 is 1.06 bits per heavy atom. The first-order valence-electron chi connectivity index (χ1n) is 12.6. The molecule has 6 heteroatoms. The van der Waals surface area contributed by atoms with E-state index >= 15 is 0 Å². The molecule has 0 bridgehead atoms. The van der Waals surface area contributed by atoms with E-state index in [0.29, 0.717) is 12.2 Å². The van der Waals surface area contributed by atoms with Crippen LogP contribution in [0, 0.1) is 0 Å². The zero-order valence-electron chi connectivity index (χ0n) is 19.8. The van der Waals surface area contributed by atoms with E-state index in [2.05, 4.69) is 28.4 Å². The normalized spacial score (nSPS) is 21.4. The van der Waals surface area contributed by atoms with E-state index in [9.17, 15) is 4.79 Å². The lowest BCUT2D eigenvalue weighted by Gasteiger charge is -2.26. The SMILES string of the molecule is NC1C(C(=O)NC2CCCCC2)=C(c2ccccc2)c2ccc(OCCN3CCOCC3)cc21. The minimum absolute atomic E-state index is 0.0377. The van der Waals surface area contributed by atoms with Gasteiger partial charge in [0, 0.05) is 31.2 Å². The maximum Gasteiger partial charge on any atom is 0.250 e. The molecule has 1 atom stereocenters. The summed E-state index contributed by atoms with van der Waals surface area (Å²) in [6, 6.07) is 15.9. The van der Waals surface area contributed by atoms with Gasteiger partial charge in [0.25, 0.3) is 0 Å². The second-order valence-corrected chi connectivity index (χ2v) is 9.49. The van der Waals surface area contributed by atoms with Gasteiger partial charge >= 0.3 is 0 Å². The smallest absolute Gasteiger partial charge is 0.250 e. The molecule has 1 amide bonds. The molecule has 3 N–H and O–H groups in total. The van der Waals surface area contributed by atoms with Gasteiger partial charge in [-0.1, -0.05) is 55.7 Å². The Morgan fingerprint density at radius 2 is 1.82 bits per heavy atom. The van der Waals surface area contributed by atoms with Crippen molar-refractivity contribution in [3.05, 3.63) is 70.8 Å². The number of morpholine rings is 1. The summed E-state index contributed by atoms with van der Waals surface area (Å²) >= 11 is 0. The van der Waals surface area contributed by atoms with E-state index in [1.165, 1.54) is 19.3 Å². The Morgan fingerprint density at radius 3 is 2.59 bits per heavy atom. The van der Waals surface area contributed by atoms with Crippen molar-refractivity contribution in [2.75, 3.05) is 39.5 Å². The minimum Gasteiger partial charge on any atom is -0.492 e. The van der Waals surface area contributed by atoms with Gasteiger partial charge in [-0.3, -0.25) is 9.69 Å². The summed E-state index contributed by atoms with van der Waals surface area (Å²) in [6.07, 6.45) is 5.69. The summed E-state index contributed by atoms with van der Waals surface area (Å²) < 4.78 is 11.5. The maximum atomic E-state index is 13.5. The van der Waals surface area contributed by atoms with Gasteiger partial charge in [-0.05, 0) is 47.2 Å². The Hall–Kier alpha value is -2.67. The lowest BCUT2D eigenvalue weighted by Crippen LogP contribution is -2.38. The number of nitrogens with zero attached hydrogens (tertiary/aromatic N) is 1. The first-order chi connectivity index (χ1) is 16.7. The first-order valence-corrected chi connectivity index (χ1v) is 12.6. The third kappa shape index (κ3) is 5.04. The van der Waals surface area contributed by atoms with Gasteiger partial charge < -0.3 is 20.5 Å². The van der Waals surface area contributed by atoms with Crippen molar-refractivity contribution >= 4 is 11.5 Å². The Bertz CT molecular complexity index is 1020. The number of carbonyl (C=O) groups is 1. The van der Waals surface area contributed by atoms with E-state index in [4.69, 9.17) is 15.2 Å². The number of benzene rings is 2. The van der Waals surface area contributed by atoms with E-state index in [1.54, 1.807) is 0 Å². The van der Waals surface area contributed by atoms with Crippen LogP contribution < -0.4 is 15.8 Å². The molecule has 2 aromatic rings. The fourth-order valence-corrected chi connectivity index (χ4v) is 5.37. The summed E-state index contributed by atoms with van der Waals surface area (Å²) in [5, 5.41) is 3.29. The molecule has 2 aromatic carbocycles. The molecule has 180 valence electrons. The van der Waals surface area contributed by atoms with E-state index in [1.807, 2.05) is 30.3 Å². The van der Waals surface area contributed by atoms with Crippen molar-refractivity contribution in [3.8, 4) is 5.75 Å². The molecule has 0 spiro atoms. The average molecular weight is 462 g/mol. The molecule has 34 heavy (non-hydrogen) atoms. The predicted molar refractivity (Wildman–Crippen MR) is 134 cm³/mol. The number of nitrogens with two attached hydrogens (primary N) is 1. The average Bonchev–Trinajstić information content (AvgIpc) is 3.18. The molecular weight excluding hydrogens is 426 g/mol. The van der Waals surface area contributed by atoms with Gasteiger partial charge in [0.05, 0.1) is 19.3 Å². The number of hydrogen-bond acceptors (Lipinski definition) is 5. The van der Waals surface area contributed by atoms with Gasteiger partial charge in [0.2, 0.25) is 5.91 Å². The highest BCUT2D eigenvalue weighted by Crippen LogP contribution is 2.44. The van der Waals surface area contributed by atoms with Gasteiger partial charge in [-0.25, -0.2) is 0 Å². The van der Waals surface area contributed by atoms with Crippen molar-refractivity contribution < 1.29 is 14.3 Å². The van der Waals surface area contributed by atoms with Crippen molar-refractivity contribution in [1.82, 2.24) is 10.2 Å². The van der Waals surface area contributed by atoms with Crippen LogP contribution in [0.15, 0.2) is 54.1 Å². The van der Waals surface area contributed by atoms with E-state index in [-0.39, 0.29) is 11.9 Å². The minimum atomic E-state index is -0.475. The monoisotopic (exact) mass is 461 g/mol. The molecule has 1 unspecified atom stereocenters. The molecule has 0 aromatic heterocycles. The number of carbonyl (C=O) groups excluding carboxylic acids is 1. The molecule has 1 aliphatic heterocycles. The molecule has 2 fully saturated rings. The van der Waals surface area contributed by atoms with Gasteiger partial charge in [0.1, 0.15) is 12.4 Å². The Balaban J connectivity index is 1.37. The van der Waals surface area contributed by atoms with Crippen molar-refractivity contribution in [3.63, 3.8) is 0 Å². The summed E-state index contributed by atoms with van der Waals surface area (Å²) in [5.74, 6) is 0.757. The fraction of sp³-hybridized carbons (Fsp3) is 0.464. The summed E-state index contributed by atoms with van der Waals surface area (Å²) in [7, 11) is 0. The van der Waals surface area contributed by atoms with Crippen LogP contribution in [0.3, 0.4) is 0 Å².